The van der Waals surface area contributed by atoms with Crippen LogP contribution in [0.5, 0.6) is 0 Å². The van der Waals surface area contributed by atoms with E-state index in [0.717, 1.165) is 24.4 Å². The van der Waals surface area contributed by atoms with E-state index in [1.165, 1.54) is 37.7 Å². The average Bonchev–Trinajstić information content (AvgIpc) is 2.54. The summed E-state index contributed by atoms with van der Waals surface area (Å²) in [6.45, 7) is 4.32. The predicted molar refractivity (Wildman–Crippen MR) is 92.9 cm³/mol. The summed E-state index contributed by atoms with van der Waals surface area (Å²) in [5.74, 6) is 1.22. The van der Waals surface area contributed by atoms with Gasteiger partial charge in [-0.15, -0.1) is 0 Å². The van der Waals surface area contributed by atoms with Gasteiger partial charge in [0, 0.05) is 5.69 Å². The Morgan fingerprint density at radius 3 is 2.41 bits per heavy atom. The number of nitrogens with two attached hydrogens (primary N) is 1. The molecule has 1 atom stereocenters. The van der Waals surface area contributed by atoms with Gasteiger partial charge in [0.15, 0.2) is 0 Å². The molecule has 1 aromatic carbocycles. The fourth-order valence-corrected chi connectivity index (χ4v) is 3.21. The van der Waals surface area contributed by atoms with E-state index in [2.05, 4.69) is 31.3 Å². The van der Waals surface area contributed by atoms with Crippen molar-refractivity contribution in [2.24, 2.45) is 11.7 Å². The first-order valence-corrected chi connectivity index (χ1v) is 8.72. The molecule has 0 heterocycles. The van der Waals surface area contributed by atoms with Crippen molar-refractivity contribution in [3.63, 3.8) is 0 Å². The summed E-state index contributed by atoms with van der Waals surface area (Å²) < 4.78 is 0. The minimum atomic E-state index is -0.397. The molecule has 2 rings (SSSR count). The van der Waals surface area contributed by atoms with Gasteiger partial charge in [0.25, 0.3) is 0 Å². The van der Waals surface area contributed by atoms with Gasteiger partial charge in [-0.3, -0.25) is 4.79 Å². The largest absolute Gasteiger partial charge is 0.325 e. The maximum absolute atomic E-state index is 12.2. The van der Waals surface area contributed by atoms with Crippen LogP contribution in [0.3, 0.4) is 0 Å². The van der Waals surface area contributed by atoms with E-state index in [1.54, 1.807) is 0 Å². The molecule has 0 saturated heterocycles. The van der Waals surface area contributed by atoms with Crippen molar-refractivity contribution in [3.8, 4) is 0 Å². The first kappa shape index (κ1) is 17.0. The minimum absolute atomic E-state index is 0.0619. The number of hydrogen-bond donors (Lipinski definition) is 2. The zero-order chi connectivity index (χ0) is 15.9. The zero-order valence-corrected chi connectivity index (χ0v) is 14.0. The number of amides is 1. The highest BCUT2D eigenvalue weighted by atomic mass is 16.2. The van der Waals surface area contributed by atoms with Crippen LogP contribution in [-0.2, 0) is 4.79 Å². The second-order valence-corrected chi connectivity index (χ2v) is 6.95. The Bertz CT molecular complexity index is 461. The molecule has 1 aliphatic rings. The Balaban J connectivity index is 1.77. The SMILES string of the molecule is CC(C)c1ccc(NC(=O)C(N)CCC2CCCCC2)cc1. The first-order chi connectivity index (χ1) is 10.6. The van der Waals surface area contributed by atoms with Gasteiger partial charge in [0.2, 0.25) is 5.91 Å². The molecular weight excluding hydrogens is 272 g/mol. The van der Waals surface area contributed by atoms with E-state index in [1.807, 2.05) is 12.1 Å². The summed E-state index contributed by atoms with van der Waals surface area (Å²) in [5, 5.41) is 2.93. The number of carbonyl (C=O) groups excluding carboxylic acids is 1. The Kier molecular flexibility index (Phi) is 6.44. The van der Waals surface area contributed by atoms with Crippen molar-refractivity contribution in [1.29, 1.82) is 0 Å². The maximum atomic E-state index is 12.2. The van der Waals surface area contributed by atoms with Crippen LogP contribution >= 0.6 is 0 Å². The standard InChI is InChI=1S/C19H30N2O/c1-14(2)16-9-11-17(12-10-16)21-19(22)18(20)13-8-15-6-4-3-5-7-15/h9-12,14-15,18H,3-8,13,20H2,1-2H3,(H,21,22). The third-order valence-electron chi connectivity index (χ3n) is 4.79. The van der Waals surface area contributed by atoms with Crippen molar-refractivity contribution >= 4 is 11.6 Å². The van der Waals surface area contributed by atoms with E-state index < -0.39 is 6.04 Å². The highest BCUT2D eigenvalue weighted by Gasteiger charge is 2.18. The second kappa shape index (κ2) is 8.33. The van der Waals surface area contributed by atoms with E-state index in [-0.39, 0.29) is 5.91 Å². The molecule has 1 unspecified atom stereocenters. The molecule has 3 heteroatoms. The van der Waals surface area contributed by atoms with Crippen LogP contribution in [0.2, 0.25) is 0 Å². The normalized spacial score (nSPS) is 17.5. The third-order valence-corrected chi connectivity index (χ3v) is 4.79. The Morgan fingerprint density at radius 1 is 1.18 bits per heavy atom. The van der Waals surface area contributed by atoms with Crippen molar-refractivity contribution in [3.05, 3.63) is 29.8 Å². The first-order valence-electron chi connectivity index (χ1n) is 8.72. The molecule has 1 saturated carbocycles. The minimum Gasteiger partial charge on any atom is -0.325 e. The fourth-order valence-electron chi connectivity index (χ4n) is 3.21. The monoisotopic (exact) mass is 302 g/mol. The topological polar surface area (TPSA) is 55.1 Å². The Hall–Kier alpha value is -1.35. The van der Waals surface area contributed by atoms with E-state index in [0.29, 0.717) is 5.92 Å². The molecule has 1 aromatic rings. The number of rotatable bonds is 6. The molecule has 0 aliphatic heterocycles. The van der Waals surface area contributed by atoms with E-state index in [4.69, 9.17) is 5.73 Å². The van der Waals surface area contributed by atoms with Gasteiger partial charge < -0.3 is 11.1 Å². The molecule has 0 aromatic heterocycles. The van der Waals surface area contributed by atoms with Crippen molar-refractivity contribution < 1.29 is 4.79 Å². The van der Waals surface area contributed by atoms with Crippen molar-refractivity contribution in [1.82, 2.24) is 0 Å². The lowest BCUT2D eigenvalue weighted by Crippen LogP contribution is -2.36. The lowest BCUT2D eigenvalue weighted by atomic mass is 9.85. The summed E-state index contributed by atoms with van der Waals surface area (Å²) in [7, 11) is 0. The van der Waals surface area contributed by atoms with Gasteiger partial charge in [-0.2, -0.15) is 0 Å². The van der Waals surface area contributed by atoms with Crippen LogP contribution < -0.4 is 11.1 Å². The lowest BCUT2D eigenvalue weighted by molar-refractivity contribution is -0.117. The van der Waals surface area contributed by atoms with Crippen LogP contribution in [0.4, 0.5) is 5.69 Å². The average molecular weight is 302 g/mol. The number of nitrogens with one attached hydrogen (secondary N) is 1. The number of benzene rings is 1. The molecular formula is C19H30N2O. The van der Waals surface area contributed by atoms with E-state index in [9.17, 15) is 4.79 Å². The van der Waals surface area contributed by atoms with Crippen LogP contribution in [-0.4, -0.2) is 11.9 Å². The molecule has 1 aliphatic carbocycles. The summed E-state index contributed by atoms with van der Waals surface area (Å²) in [5.41, 5.74) is 8.16. The highest BCUT2D eigenvalue weighted by molar-refractivity contribution is 5.94. The van der Waals surface area contributed by atoms with Crippen LogP contribution in [0.25, 0.3) is 0 Å². The quantitative estimate of drug-likeness (QED) is 0.816. The van der Waals surface area contributed by atoms with E-state index >= 15 is 0 Å². The fraction of sp³-hybridized carbons (Fsp3) is 0.632. The Labute approximate surface area is 134 Å². The third kappa shape index (κ3) is 5.13. The molecule has 0 radical (unpaired) electrons. The zero-order valence-electron chi connectivity index (χ0n) is 14.0. The number of carbonyl (C=O) groups is 1. The second-order valence-electron chi connectivity index (χ2n) is 6.95. The van der Waals surface area contributed by atoms with Crippen LogP contribution in [0.15, 0.2) is 24.3 Å². The van der Waals surface area contributed by atoms with Gasteiger partial charge >= 0.3 is 0 Å². The summed E-state index contributed by atoms with van der Waals surface area (Å²) >= 11 is 0. The van der Waals surface area contributed by atoms with Crippen LogP contribution in [0.1, 0.15) is 70.3 Å². The van der Waals surface area contributed by atoms with Crippen molar-refractivity contribution in [2.45, 2.75) is 70.8 Å². The molecule has 122 valence electrons. The molecule has 3 nitrogen and oxygen atoms in total. The van der Waals surface area contributed by atoms with Gasteiger partial charge in [0.1, 0.15) is 0 Å². The molecule has 1 amide bonds. The lowest BCUT2D eigenvalue weighted by Gasteiger charge is -2.22. The maximum Gasteiger partial charge on any atom is 0.241 e. The van der Waals surface area contributed by atoms with Crippen LogP contribution in [0, 0.1) is 5.92 Å². The van der Waals surface area contributed by atoms with Gasteiger partial charge in [0.05, 0.1) is 6.04 Å². The summed E-state index contributed by atoms with van der Waals surface area (Å²) in [6, 6.07) is 7.65. The van der Waals surface area contributed by atoms with Gasteiger partial charge in [-0.05, 0) is 42.4 Å². The molecule has 22 heavy (non-hydrogen) atoms. The molecule has 0 spiro atoms. The van der Waals surface area contributed by atoms with Gasteiger partial charge in [-0.1, -0.05) is 58.1 Å². The number of hydrogen-bond acceptors (Lipinski definition) is 2. The summed E-state index contributed by atoms with van der Waals surface area (Å²) in [6.07, 6.45) is 8.55. The number of anilines is 1. The van der Waals surface area contributed by atoms with Gasteiger partial charge in [-0.25, -0.2) is 0 Å². The molecule has 3 N–H and O–H groups in total. The van der Waals surface area contributed by atoms with Crippen molar-refractivity contribution in [2.75, 3.05) is 5.32 Å². The predicted octanol–water partition coefficient (Wildman–Crippen LogP) is 4.44. The molecule has 0 bridgehead atoms. The molecule has 1 fully saturated rings. The smallest absolute Gasteiger partial charge is 0.241 e. The summed E-state index contributed by atoms with van der Waals surface area (Å²) in [4.78, 5) is 12.2. The Morgan fingerprint density at radius 2 is 1.82 bits per heavy atom. The highest BCUT2D eigenvalue weighted by Crippen LogP contribution is 2.27.